The lowest BCUT2D eigenvalue weighted by atomic mass is 10.2. The Morgan fingerprint density at radius 2 is 1.95 bits per heavy atom. The van der Waals surface area contributed by atoms with E-state index in [0.29, 0.717) is 24.0 Å². The molecular weight excluding hydrogens is 280 g/mol. The summed E-state index contributed by atoms with van der Waals surface area (Å²) in [5, 5.41) is 12.9. The van der Waals surface area contributed by atoms with Crippen LogP contribution in [0.25, 0.3) is 0 Å². The number of pyridine rings is 1. The number of rotatable bonds is 3. The fourth-order valence-corrected chi connectivity index (χ4v) is 2.54. The zero-order chi connectivity index (χ0) is 15.5. The molecule has 0 amide bonds. The van der Waals surface area contributed by atoms with Crippen LogP contribution >= 0.6 is 0 Å². The lowest BCUT2D eigenvalue weighted by Gasteiger charge is -2.34. The molecule has 0 saturated carbocycles. The van der Waals surface area contributed by atoms with Crippen LogP contribution in [-0.4, -0.2) is 46.2 Å². The van der Waals surface area contributed by atoms with Crippen molar-refractivity contribution in [3.63, 3.8) is 0 Å². The number of piperazine rings is 1. The summed E-state index contributed by atoms with van der Waals surface area (Å²) >= 11 is 0. The maximum absolute atomic E-state index is 9.09. The average molecular weight is 298 g/mol. The summed E-state index contributed by atoms with van der Waals surface area (Å²) in [5.41, 5.74) is 1.41. The van der Waals surface area contributed by atoms with Gasteiger partial charge in [-0.05, 0) is 25.5 Å². The van der Waals surface area contributed by atoms with E-state index >= 15 is 0 Å². The van der Waals surface area contributed by atoms with Gasteiger partial charge in [-0.15, -0.1) is 0 Å². The highest BCUT2D eigenvalue weighted by atomic mass is 16.5. The second kappa shape index (κ2) is 6.12. The van der Waals surface area contributed by atoms with Crippen LogP contribution in [0.1, 0.15) is 23.0 Å². The van der Waals surface area contributed by atoms with Crippen molar-refractivity contribution in [3.05, 3.63) is 35.1 Å². The van der Waals surface area contributed by atoms with Gasteiger partial charge in [-0.25, -0.2) is 4.98 Å². The van der Waals surface area contributed by atoms with E-state index in [-0.39, 0.29) is 0 Å². The van der Waals surface area contributed by atoms with Crippen molar-refractivity contribution in [2.75, 3.05) is 31.1 Å². The second-order valence-electron chi connectivity index (χ2n) is 5.45. The van der Waals surface area contributed by atoms with Crippen molar-refractivity contribution in [2.45, 2.75) is 20.4 Å². The number of aryl methyl sites for hydroxylation is 2. The van der Waals surface area contributed by atoms with E-state index in [9.17, 15) is 0 Å². The molecule has 1 fully saturated rings. The van der Waals surface area contributed by atoms with Gasteiger partial charge in [-0.2, -0.15) is 10.2 Å². The van der Waals surface area contributed by atoms with Gasteiger partial charge in [-0.1, -0.05) is 11.2 Å². The summed E-state index contributed by atoms with van der Waals surface area (Å²) in [6, 6.07) is 6.07. The molecule has 0 unspecified atom stereocenters. The number of aromatic nitrogens is 3. The van der Waals surface area contributed by atoms with E-state index in [2.05, 4.69) is 31.0 Å². The number of nitrogens with zero attached hydrogens (tertiary/aromatic N) is 6. The third-order valence-electron chi connectivity index (χ3n) is 3.81. The summed E-state index contributed by atoms with van der Waals surface area (Å²) in [5.74, 6) is 2.20. The maximum atomic E-state index is 9.09. The van der Waals surface area contributed by atoms with Crippen LogP contribution < -0.4 is 4.90 Å². The molecule has 3 heterocycles. The molecule has 1 aliphatic heterocycles. The van der Waals surface area contributed by atoms with Crippen molar-refractivity contribution in [3.8, 4) is 6.07 Å². The van der Waals surface area contributed by atoms with Crippen molar-refractivity contribution in [2.24, 2.45) is 0 Å². The SMILES string of the molecule is Cc1noc(CN2CCN(c3ccc(C)c(C#N)n3)CC2)n1. The Balaban J connectivity index is 1.61. The predicted molar refractivity (Wildman–Crippen MR) is 80.2 cm³/mol. The molecule has 0 bridgehead atoms. The first-order chi connectivity index (χ1) is 10.7. The van der Waals surface area contributed by atoms with E-state index in [4.69, 9.17) is 9.78 Å². The summed E-state index contributed by atoms with van der Waals surface area (Å²) < 4.78 is 5.16. The molecule has 2 aromatic rings. The molecule has 0 radical (unpaired) electrons. The lowest BCUT2D eigenvalue weighted by molar-refractivity contribution is 0.215. The van der Waals surface area contributed by atoms with E-state index in [1.807, 2.05) is 26.0 Å². The Kier molecular flexibility index (Phi) is 4.02. The van der Waals surface area contributed by atoms with Crippen LogP contribution in [0.2, 0.25) is 0 Å². The number of anilines is 1. The largest absolute Gasteiger partial charge is 0.354 e. The Labute approximate surface area is 129 Å². The standard InChI is InChI=1S/C15H18N6O/c1-11-3-4-14(18-13(11)9-16)21-7-5-20(6-8-21)10-15-17-12(2)19-22-15/h3-4H,5-8,10H2,1-2H3. The van der Waals surface area contributed by atoms with Crippen LogP contribution in [0.3, 0.4) is 0 Å². The second-order valence-corrected chi connectivity index (χ2v) is 5.45. The maximum Gasteiger partial charge on any atom is 0.240 e. The molecule has 22 heavy (non-hydrogen) atoms. The summed E-state index contributed by atoms with van der Waals surface area (Å²) in [6.45, 7) is 7.94. The predicted octanol–water partition coefficient (Wildman–Crippen LogP) is 1.28. The van der Waals surface area contributed by atoms with Crippen molar-refractivity contribution in [1.29, 1.82) is 5.26 Å². The minimum absolute atomic E-state index is 0.501. The molecule has 7 heteroatoms. The molecule has 0 aliphatic carbocycles. The van der Waals surface area contributed by atoms with Gasteiger partial charge in [0.1, 0.15) is 17.6 Å². The molecule has 1 aliphatic rings. The molecular formula is C15H18N6O. The van der Waals surface area contributed by atoms with Gasteiger partial charge in [0.2, 0.25) is 5.89 Å². The van der Waals surface area contributed by atoms with E-state index < -0.39 is 0 Å². The fourth-order valence-electron chi connectivity index (χ4n) is 2.54. The zero-order valence-electron chi connectivity index (χ0n) is 12.8. The van der Waals surface area contributed by atoms with Gasteiger partial charge in [0.05, 0.1) is 6.54 Å². The van der Waals surface area contributed by atoms with Crippen LogP contribution in [-0.2, 0) is 6.54 Å². The molecule has 1 saturated heterocycles. The van der Waals surface area contributed by atoms with Gasteiger partial charge in [0, 0.05) is 26.2 Å². The topological polar surface area (TPSA) is 82.1 Å². The minimum Gasteiger partial charge on any atom is -0.354 e. The first-order valence-electron chi connectivity index (χ1n) is 7.30. The van der Waals surface area contributed by atoms with E-state index in [1.165, 1.54) is 0 Å². The van der Waals surface area contributed by atoms with Crippen LogP contribution in [0, 0.1) is 25.2 Å². The van der Waals surface area contributed by atoms with Crippen LogP contribution in [0.15, 0.2) is 16.7 Å². The third kappa shape index (κ3) is 3.07. The molecule has 3 rings (SSSR count). The molecule has 114 valence electrons. The van der Waals surface area contributed by atoms with Gasteiger partial charge < -0.3 is 9.42 Å². The van der Waals surface area contributed by atoms with Gasteiger partial charge in [0.15, 0.2) is 5.82 Å². The molecule has 7 nitrogen and oxygen atoms in total. The van der Waals surface area contributed by atoms with Crippen molar-refractivity contribution < 1.29 is 4.52 Å². The Hall–Kier alpha value is -2.46. The number of nitriles is 1. The zero-order valence-corrected chi connectivity index (χ0v) is 12.8. The molecule has 0 aromatic carbocycles. The third-order valence-corrected chi connectivity index (χ3v) is 3.81. The molecule has 2 aromatic heterocycles. The van der Waals surface area contributed by atoms with Crippen LogP contribution in [0.4, 0.5) is 5.82 Å². The van der Waals surface area contributed by atoms with Crippen molar-refractivity contribution in [1.82, 2.24) is 20.0 Å². The monoisotopic (exact) mass is 298 g/mol. The van der Waals surface area contributed by atoms with Crippen molar-refractivity contribution >= 4 is 5.82 Å². The van der Waals surface area contributed by atoms with E-state index in [1.54, 1.807) is 0 Å². The number of hydrogen-bond acceptors (Lipinski definition) is 7. The minimum atomic E-state index is 0.501. The van der Waals surface area contributed by atoms with Crippen LogP contribution in [0.5, 0.6) is 0 Å². The fraction of sp³-hybridized carbons (Fsp3) is 0.467. The van der Waals surface area contributed by atoms with Gasteiger partial charge >= 0.3 is 0 Å². The smallest absolute Gasteiger partial charge is 0.240 e. The Morgan fingerprint density at radius 3 is 2.59 bits per heavy atom. The number of hydrogen-bond donors (Lipinski definition) is 0. The average Bonchev–Trinajstić information content (AvgIpc) is 2.94. The lowest BCUT2D eigenvalue weighted by Crippen LogP contribution is -2.46. The van der Waals surface area contributed by atoms with E-state index in [0.717, 1.165) is 37.6 Å². The van der Waals surface area contributed by atoms with Gasteiger partial charge in [-0.3, -0.25) is 4.90 Å². The normalized spacial score (nSPS) is 15.8. The highest BCUT2D eigenvalue weighted by molar-refractivity contribution is 5.45. The quantitative estimate of drug-likeness (QED) is 0.844. The highest BCUT2D eigenvalue weighted by Crippen LogP contribution is 2.17. The summed E-state index contributed by atoms with van der Waals surface area (Å²) in [4.78, 5) is 13.1. The Bertz CT molecular complexity index is 696. The first kappa shape index (κ1) is 14.5. The molecule has 0 N–H and O–H groups in total. The Morgan fingerprint density at radius 1 is 1.18 bits per heavy atom. The van der Waals surface area contributed by atoms with Gasteiger partial charge in [0.25, 0.3) is 0 Å². The highest BCUT2D eigenvalue weighted by Gasteiger charge is 2.20. The summed E-state index contributed by atoms with van der Waals surface area (Å²) in [6.07, 6.45) is 0. The first-order valence-corrected chi connectivity index (χ1v) is 7.30. The molecule has 0 spiro atoms. The molecule has 0 atom stereocenters. The summed E-state index contributed by atoms with van der Waals surface area (Å²) in [7, 11) is 0.